The number of amides is 2. The van der Waals surface area contributed by atoms with Crippen molar-refractivity contribution in [3.8, 4) is 6.07 Å². The molecular formula is C21H22N4O2S. The van der Waals surface area contributed by atoms with E-state index in [1.54, 1.807) is 11.1 Å². The summed E-state index contributed by atoms with van der Waals surface area (Å²) < 4.78 is 0. The van der Waals surface area contributed by atoms with Crippen LogP contribution in [0.3, 0.4) is 0 Å². The molecule has 0 aromatic carbocycles. The van der Waals surface area contributed by atoms with Crippen LogP contribution in [0.4, 0.5) is 5.00 Å². The molecule has 0 saturated carbocycles. The number of thiophene rings is 1. The Kier molecular flexibility index (Phi) is 5.40. The number of anilines is 1. The normalized spacial score (nSPS) is 19.0. The summed E-state index contributed by atoms with van der Waals surface area (Å²) in [5.74, 6) is -0.609. The topological polar surface area (TPSA) is 86.1 Å². The molecule has 1 fully saturated rings. The van der Waals surface area contributed by atoms with Gasteiger partial charge in [-0.2, -0.15) is 5.26 Å². The summed E-state index contributed by atoms with van der Waals surface area (Å²) in [6.45, 7) is 0.800. The van der Waals surface area contributed by atoms with Gasteiger partial charge in [-0.3, -0.25) is 14.6 Å². The van der Waals surface area contributed by atoms with Crippen LogP contribution >= 0.6 is 11.3 Å². The maximum atomic E-state index is 12.8. The number of rotatable bonds is 4. The maximum Gasteiger partial charge on any atom is 0.230 e. The molecule has 4 rings (SSSR count). The Morgan fingerprint density at radius 3 is 2.96 bits per heavy atom. The van der Waals surface area contributed by atoms with Crippen LogP contribution in [0.25, 0.3) is 0 Å². The van der Waals surface area contributed by atoms with Gasteiger partial charge in [-0.15, -0.1) is 11.3 Å². The molecule has 0 spiro atoms. The minimum absolute atomic E-state index is 0.0340. The van der Waals surface area contributed by atoms with Crippen molar-refractivity contribution in [3.63, 3.8) is 0 Å². The lowest BCUT2D eigenvalue weighted by Crippen LogP contribution is -2.28. The molecule has 1 atom stereocenters. The van der Waals surface area contributed by atoms with E-state index in [9.17, 15) is 14.9 Å². The number of fused-ring (bicyclic) bond motifs is 1. The van der Waals surface area contributed by atoms with Gasteiger partial charge in [0.25, 0.3) is 0 Å². The van der Waals surface area contributed by atoms with E-state index in [0.29, 0.717) is 23.7 Å². The highest BCUT2D eigenvalue weighted by Crippen LogP contribution is 2.37. The summed E-state index contributed by atoms with van der Waals surface area (Å²) in [6, 6.07) is 7.88. The first-order chi connectivity index (χ1) is 13.7. The fourth-order valence-electron chi connectivity index (χ4n) is 3.95. The van der Waals surface area contributed by atoms with Crippen LogP contribution in [0.5, 0.6) is 0 Å². The average Bonchev–Trinajstić information content (AvgIpc) is 3.13. The van der Waals surface area contributed by atoms with Gasteiger partial charge in [0.1, 0.15) is 11.1 Å². The zero-order chi connectivity index (χ0) is 19.5. The van der Waals surface area contributed by atoms with Crippen molar-refractivity contribution in [2.75, 3.05) is 11.9 Å². The predicted octanol–water partition coefficient (Wildman–Crippen LogP) is 3.27. The third-order valence-electron chi connectivity index (χ3n) is 5.43. The Morgan fingerprint density at radius 1 is 1.32 bits per heavy atom. The summed E-state index contributed by atoms with van der Waals surface area (Å²) in [5, 5.41) is 13.2. The number of nitrogens with one attached hydrogen (secondary N) is 1. The van der Waals surface area contributed by atoms with Crippen molar-refractivity contribution < 1.29 is 9.59 Å². The highest BCUT2D eigenvalue weighted by atomic mass is 32.1. The van der Waals surface area contributed by atoms with Crippen molar-refractivity contribution >= 4 is 28.2 Å². The molecule has 1 aliphatic heterocycles. The summed E-state index contributed by atoms with van der Waals surface area (Å²) in [7, 11) is 0. The number of nitrogens with zero attached hydrogens (tertiary/aromatic N) is 3. The lowest BCUT2D eigenvalue weighted by molar-refractivity contribution is -0.128. The predicted molar refractivity (Wildman–Crippen MR) is 107 cm³/mol. The Labute approximate surface area is 168 Å². The largest absolute Gasteiger partial charge is 0.336 e. The number of aryl methyl sites for hydroxylation is 1. The van der Waals surface area contributed by atoms with Gasteiger partial charge in [-0.05, 0) is 43.4 Å². The second-order valence-electron chi connectivity index (χ2n) is 7.37. The van der Waals surface area contributed by atoms with Crippen molar-refractivity contribution in [2.45, 2.75) is 45.1 Å². The van der Waals surface area contributed by atoms with Gasteiger partial charge < -0.3 is 10.2 Å². The number of hydrogen-bond acceptors (Lipinski definition) is 5. The van der Waals surface area contributed by atoms with E-state index in [1.165, 1.54) is 22.6 Å². The highest BCUT2D eigenvalue weighted by molar-refractivity contribution is 7.16. The van der Waals surface area contributed by atoms with Crippen molar-refractivity contribution in [2.24, 2.45) is 5.92 Å². The standard InChI is InChI=1S/C21H22N4O2S/c22-11-17-16-7-2-1-3-8-18(16)28-21(17)24-20(27)14-10-19(26)25(12-14)13-15-6-4-5-9-23-15/h4-6,9,14H,1-3,7-8,10,12-13H2,(H,24,27)/t14-/m0/s1. The Hall–Kier alpha value is -2.72. The monoisotopic (exact) mass is 394 g/mol. The molecule has 0 unspecified atom stereocenters. The lowest BCUT2D eigenvalue weighted by Gasteiger charge is -2.16. The minimum atomic E-state index is -0.398. The van der Waals surface area contributed by atoms with Gasteiger partial charge in [-0.25, -0.2) is 0 Å². The molecule has 6 nitrogen and oxygen atoms in total. The van der Waals surface area contributed by atoms with Gasteiger partial charge in [-0.1, -0.05) is 12.5 Å². The average molecular weight is 395 g/mol. The molecule has 7 heteroatoms. The van der Waals surface area contributed by atoms with Crippen molar-refractivity contribution in [3.05, 3.63) is 46.1 Å². The second kappa shape index (κ2) is 8.11. The van der Waals surface area contributed by atoms with Crippen LogP contribution in [-0.4, -0.2) is 28.2 Å². The molecule has 1 aliphatic carbocycles. The molecule has 3 heterocycles. The minimum Gasteiger partial charge on any atom is -0.336 e. The number of nitriles is 1. The Bertz CT molecular complexity index is 932. The van der Waals surface area contributed by atoms with E-state index in [-0.39, 0.29) is 18.2 Å². The van der Waals surface area contributed by atoms with Crippen molar-refractivity contribution in [1.29, 1.82) is 5.26 Å². The van der Waals surface area contributed by atoms with Gasteiger partial charge in [0.05, 0.1) is 23.7 Å². The molecule has 0 bridgehead atoms. The molecule has 2 aromatic rings. The number of aromatic nitrogens is 1. The molecule has 2 aliphatic rings. The molecule has 28 heavy (non-hydrogen) atoms. The molecule has 1 saturated heterocycles. The third-order valence-corrected chi connectivity index (χ3v) is 6.64. The number of carbonyl (C=O) groups is 2. The van der Waals surface area contributed by atoms with E-state index in [0.717, 1.165) is 36.9 Å². The molecule has 144 valence electrons. The number of carbonyl (C=O) groups excluding carboxylic acids is 2. The summed E-state index contributed by atoms with van der Waals surface area (Å²) in [5.41, 5.74) is 2.54. The van der Waals surface area contributed by atoms with Crippen LogP contribution in [-0.2, 0) is 29.0 Å². The fourth-order valence-corrected chi connectivity index (χ4v) is 5.19. The molecule has 2 aromatic heterocycles. The van der Waals surface area contributed by atoms with E-state index >= 15 is 0 Å². The van der Waals surface area contributed by atoms with Gasteiger partial charge >= 0.3 is 0 Å². The zero-order valence-electron chi connectivity index (χ0n) is 15.6. The number of hydrogen-bond donors (Lipinski definition) is 1. The summed E-state index contributed by atoms with van der Waals surface area (Å²) in [4.78, 5) is 32.3. The molecule has 0 radical (unpaired) electrons. The fraction of sp³-hybridized carbons (Fsp3) is 0.429. The summed E-state index contributed by atoms with van der Waals surface area (Å²) in [6.07, 6.45) is 7.19. The Balaban J connectivity index is 1.45. The van der Waals surface area contributed by atoms with E-state index < -0.39 is 5.92 Å². The summed E-state index contributed by atoms with van der Waals surface area (Å²) >= 11 is 1.53. The van der Waals surface area contributed by atoms with Crippen LogP contribution in [0, 0.1) is 17.2 Å². The van der Waals surface area contributed by atoms with E-state index in [2.05, 4.69) is 16.4 Å². The molecule has 1 N–H and O–H groups in total. The van der Waals surface area contributed by atoms with Crippen molar-refractivity contribution in [1.82, 2.24) is 9.88 Å². The first kappa shape index (κ1) is 18.6. The first-order valence-electron chi connectivity index (χ1n) is 9.69. The zero-order valence-corrected chi connectivity index (χ0v) is 16.4. The second-order valence-corrected chi connectivity index (χ2v) is 8.47. The highest BCUT2D eigenvalue weighted by Gasteiger charge is 2.35. The van der Waals surface area contributed by atoms with Crippen LogP contribution in [0.1, 0.15) is 47.4 Å². The van der Waals surface area contributed by atoms with Crippen LogP contribution in [0.2, 0.25) is 0 Å². The Morgan fingerprint density at radius 2 is 2.18 bits per heavy atom. The lowest BCUT2D eigenvalue weighted by atomic mass is 10.1. The van der Waals surface area contributed by atoms with E-state index in [4.69, 9.17) is 0 Å². The van der Waals surface area contributed by atoms with E-state index in [1.807, 2.05) is 18.2 Å². The molecule has 2 amide bonds. The third kappa shape index (κ3) is 3.78. The quantitative estimate of drug-likeness (QED) is 0.807. The number of likely N-dealkylation sites (tertiary alicyclic amines) is 1. The number of pyridine rings is 1. The van der Waals surface area contributed by atoms with Crippen LogP contribution < -0.4 is 5.32 Å². The maximum absolute atomic E-state index is 12.8. The SMILES string of the molecule is N#Cc1c(NC(=O)[C@H]2CC(=O)N(Cc3ccccn3)C2)sc2c1CCCCC2. The molecular weight excluding hydrogens is 372 g/mol. The smallest absolute Gasteiger partial charge is 0.230 e. The van der Waals surface area contributed by atoms with Crippen LogP contribution in [0.15, 0.2) is 24.4 Å². The van der Waals surface area contributed by atoms with Gasteiger partial charge in [0.2, 0.25) is 11.8 Å². The first-order valence-corrected chi connectivity index (χ1v) is 10.5. The van der Waals surface area contributed by atoms with Gasteiger partial charge in [0, 0.05) is 24.0 Å². The van der Waals surface area contributed by atoms with Gasteiger partial charge in [0.15, 0.2) is 0 Å².